The van der Waals surface area contributed by atoms with Crippen molar-refractivity contribution in [3.8, 4) is 23.3 Å². The number of nitrogens with two attached hydrogens (primary N) is 1. The third-order valence-electron chi connectivity index (χ3n) is 5.88. The molecule has 2 N–H and O–H groups in total. The molecular formula is C29H28N2O4. The maximum Gasteiger partial charge on any atom is 0.349 e. The minimum atomic E-state index is -0.544. The predicted octanol–water partition coefficient (Wildman–Crippen LogP) is 5.50. The quantitative estimate of drug-likeness (QED) is 0.393. The third-order valence-corrected chi connectivity index (χ3v) is 5.88. The molecule has 6 nitrogen and oxygen atoms in total. The Hall–Kier alpha value is -4.24. The van der Waals surface area contributed by atoms with Crippen molar-refractivity contribution < 1.29 is 19.0 Å². The summed E-state index contributed by atoms with van der Waals surface area (Å²) in [6.07, 6.45) is 0. The van der Waals surface area contributed by atoms with E-state index in [0.29, 0.717) is 22.8 Å². The number of rotatable bonds is 5. The Morgan fingerprint density at radius 2 is 1.80 bits per heavy atom. The van der Waals surface area contributed by atoms with E-state index in [1.807, 2.05) is 37.3 Å². The van der Waals surface area contributed by atoms with Crippen LogP contribution >= 0.6 is 0 Å². The zero-order valence-electron chi connectivity index (χ0n) is 20.3. The Labute approximate surface area is 205 Å². The Morgan fingerprint density at radius 1 is 1.06 bits per heavy atom. The number of fused-ring (bicyclic) bond motifs is 1. The molecule has 0 spiro atoms. The lowest BCUT2D eigenvalue weighted by Gasteiger charge is -2.27. The highest BCUT2D eigenvalue weighted by Gasteiger charge is 2.31. The second-order valence-electron chi connectivity index (χ2n) is 9.58. The predicted molar refractivity (Wildman–Crippen MR) is 133 cm³/mol. The van der Waals surface area contributed by atoms with Gasteiger partial charge in [0, 0.05) is 11.6 Å². The summed E-state index contributed by atoms with van der Waals surface area (Å²) in [6, 6.07) is 22.9. The van der Waals surface area contributed by atoms with Crippen LogP contribution in [0.4, 0.5) is 0 Å². The monoisotopic (exact) mass is 468 g/mol. The van der Waals surface area contributed by atoms with Crippen LogP contribution in [-0.2, 0) is 10.2 Å². The smallest absolute Gasteiger partial charge is 0.349 e. The van der Waals surface area contributed by atoms with E-state index in [-0.39, 0.29) is 23.8 Å². The van der Waals surface area contributed by atoms with Crippen LogP contribution in [-0.4, -0.2) is 12.6 Å². The molecule has 35 heavy (non-hydrogen) atoms. The van der Waals surface area contributed by atoms with E-state index in [2.05, 4.69) is 39.0 Å². The van der Waals surface area contributed by atoms with Crippen molar-refractivity contribution in [2.75, 3.05) is 6.61 Å². The van der Waals surface area contributed by atoms with Crippen LogP contribution in [0.3, 0.4) is 0 Å². The maximum atomic E-state index is 12.3. The molecule has 0 saturated heterocycles. The van der Waals surface area contributed by atoms with Gasteiger partial charge in [-0.2, -0.15) is 5.26 Å². The zero-order chi connectivity index (χ0) is 25.2. The van der Waals surface area contributed by atoms with Gasteiger partial charge in [0.25, 0.3) is 0 Å². The van der Waals surface area contributed by atoms with E-state index in [0.717, 1.165) is 16.7 Å². The Balaban J connectivity index is 1.56. The van der Waals surface area contributed by atoms with E-state index in [9.17, 15) is 10.1 Å². The number of allylic oxidation sites excluding steroid dienone is 1. The lowest BCUT2D eigenvalue weighted by Crippen LogP contribution is -2.22. The number of nitriles is 1. The summed E-state index contributed by atoms with van der Waals surface area (Å²) in [5.74, 6) is 0.451. The van der Waals surface area contributed by atoms with Gasteiger partial charge in [-0.3, -0.25) is 0 Å². The molecule has 1 heterocycles. The second-order valence-corrected chi connectivity index (χ2v) is 9.58. The first-order valence-corrected chi connectivity index (χ1v) is 11.4. The molecule has 3 aromatic carbocycles. The maximum absolute atomic E-state index is 12.3. The number of ether oxygens (including phenoxy) is 3. The van der Waals surface area contributed by atoms with Gasteiger partial charge < -0.3 is 19.9 Å². The summed E-state index contributed by atoms with van der Waals surface area (Å²) in [7, 11) is 0. The van der Waals surface area contributed by atoms with Crippen LogP contribution in [0.5, 0.6) is 17.2 Å². The molecule has 3 aromatic rings. The molecule has 1 aliphatic heterocycles. The van der Waals surface area contributed by atoms with E-state index in [1.165, 1.54) is 5.56 Å². The molecule has 6 heteroatoms. The summed E-state index contributed by atoms with van der Waals surface area (Å²) in [5, 5.41) is 9.80. The highest BCUT2D eigenvalue weighted by atomic mass is 16.6. The fraction of sp³-hybridized carbons (Fsp3) is 0.241. The molecule has 0 amide bonds. The molecule has 0 saturated carbocycles. The van der Waals surface area contributed by atoms with Crippen LogP contribution in [0.15, 0.2) is 78.2 Å². The van der Waals surface area contributed by atoms with Crippen molar-refractivity contribution in [3.63, 3.8) is 0 Å². The number of carbonyl (C=O) groups is 1. The molecular weight excluding hydrogens is 440 g/mol. The zero-order valence-corrected chi connectivity index (χ0v) is 20.3. The van der Waals surface area contributed by atoms with Gasteiger partial charge in [-0.05, 0) is 47.2 Å². The lowest BCUT2D eigenvalue weighted by atomic mass is 9.81. The minimum absolute atomic E-state index is 0.0148. The lowest BCUT2D eigenvalue weighted by molar-refractivity contribution is -0.136. The Morgan fingerprint density at radius 3 is 2.46 bits per heavy atom. The van der Waals surface area contributed by atoms with Crippen molar-refractivity contribution in [2.24, 2.45) is 5.73 Å². The fourth-order valence-corrected chi connectivity index (χ4v) is 4.03. The van der Waals surface area contributed by atoms with Gasteiger partial charge in [-0.15, -0.1) is 0 Å². The summed E-state index contributed by atoms with van der Waals surface area (Å²) >= 11 is 0. The number of hydrogen-bond donors (Lipinski definition) is 1. The second kappa shape index (κ2) is 9.55. The first-order valence-electron chi connectivity index (χ1n) is 11.4. The van der Waals surface area contributed by atoms with Gasteiger partial charge in [0.2, 0.25) is 5.88 Å². The topological polar surface area (TPSA) is 94.6 Å². The van der Waals surface area contributed by atoms with Gasteiger partial charge in [-0.1, -0.05) is 63.2 Å². The van der Waals surface area contributed by atoms with E-state index >= 15 is 0 Å². The van der Waals surface area contributed by atoms with Crippen LogP contribution < -0.4 is 19.9 Å². The van der Waals surface area contributed by atoms with Gasteiger partial charge in [-0.25, -0.2) is 4.79 Å². The summed E-state index contributed by atoms with van der Waals surface area (Å²) in [5.41, 5.74) is 10.4. The third kappa shape index (κ3) is 5.30. The fourth-order valence-electron chi connectivity index (χ4n) is 4.03. The first-order chi connectivity index (χ1) is 16.7. The summed E-state index contributed by atoms with van der Waals surface area (Å²) in [4.78, 5) is 12.3. The average molecular weight is 469 g/mol. The molecule has 0 aliphatic carbocycles. The number of aryl methyl sites for hydroxylation is 1. The van der Waals surface area contributed by atoms with Crippen LogP contribution in [0.1, 0.15) is 48.9 Å². The number of nitrogens with zero attached hydrogens (tertiary/aromatic N) is 1. The SMILES string of the molecule is Cc1cccc(OCC(=O)Oc2ccc3c(c2)OC(N)=C(C#N)C3c2ccc(C(C)(C)C)cc2)c1. The van der Waals surface area contributed by atoms with Crippen molar-refractivity contribution in [3.05, 3.63) is 100 Å². The number of hydrogen-bond acceptors (Lipinski definition) is 6. The molecule has 1 unspecified atom stereocenters. The summed E-state index contributed by atoms with van der Waals surface area (Å²) < 4.78 is 16.7. The van der Waals surface area contributed by atoms with Crippen LogP contribution in [0.25, 0.3) is 0 Å². The first kappa shape index (κ1) is 23.9. The highest BCUT2D eigenvalue weighted by molar-refractivity contribution is 5.74. The minimum Gasteiger partial charge on any atom is -0.482 e. The van der Waals surface area contributed by atoms with E-state index < -0.39 is 5.97 Å². The van der Waals surface area contributed by atoms with Crippen LogP contribution in [0, 0.1) is 18.3 Å². The van der Waals surface area contributed by atoms with Gasteiger partial charge in [0.15, 0.2) is 6.61 Å². The summed E-state index contributed by atoms with van der Waals surface area (Å²) in [6.45, 7) is 8.17. The molecule has 1 atom stereocenters. The van der Waals surface area contributed by atoms with Crippen molar-refractivity contribution in [1.29, 1.82) is 5.26 Å². The number of benzene rings is 3. The van der Waals surface area contributed by atoms with Gasteiger partial charge >= 0.3 is 5.97 Å². The molecule has 0 fully saturated rings. The largest absolute Gasteiger partial charge is 0.482 e. The number of carbonyl (C=O) groups excluding carboxylic acids is 1. The van der Waals surface area contributed by atoms with Crippen molar-refractivity contribution in [1.82, 2.24) is 0 Å². The van der Waals surface area contributed by atoms with Gasteiger partial charge in [0.1, 0.15) is 28.9 Å². The molecule has 178 valence electrons. The van der Waals surface area contributed by atoms with Crippen LogP contribution in [0.2, 0.25) is 0 Å². The Bertz CT molecular complexity index is 1330. The molecule has 0 aromatic heterocycles. The van der Waals surface area contributed by atoms with Gasteiger partial charge in [0.05, 0.1) is 5.92 Å². The normalized spacial score (nSPS) is 15.0. The standard InChI is InChI=1S/C29H28N2O4/c1-18-6-5-7-21(14-18)33-17-26(32)34-22-12-13-23-25(15-22)35-28(31)24(16-30)27(23)19-8-10-20(11-9-19)29(2,3)4/h5-15,27H,17,31H2,1-4H3. The Kier molecular flexibility index (Phi) is 6.52. The molecule has 0 radical (unpaired) electrons. The van der Waals surface area contributed by atoms with Crippen molar-refractivity contribution in [2.45, 2.75) is 39.0 Å². The number of esters is 1. The van der Waals surface area contributed by atoms with Crippen molar-refractivity contribution >= 4 is 5.97 Å². The molecule has 0 bridgehead atoms. The average Bonchev–Trinajstić information content (AvgIpc) is 2.81. The molecule has 4 rings (SSSR count). The highest BCUT2D eigenvalue weighted by Crippen LogP contribution is 2.43. The van der Waals surface area contributed by atoms with E-state index in [4.69, 9.17) is 19.9 Å². The molecule has 1 aliphatic rings. The van der Waals surface area contributed by atoms with E-state index in [1.54, 1.807) is 24.3 Å².